The lowest BCUT2D eigenvalue weighted by molar-refractivity contribution is -0.172. The fourth-order valence-electron chi connectivity index (χ4n) is 3.97. The van der Waals surface area contributed by atoms with Crippen LogP contribution in [0.1, 0.15) is 30.0 Å². The van der Waals surface area contributed by atoms with Gasteiger partial charge in [-0.2, -0.15) is 0 Å². The number of hydrogen-bond acceptors (Lipinski definition) is 5. The van der Waals surface area contributed by atoms with Crippen LogP contribution in [0.2, 0.25) is 0 Å². The third-order valence-electron chi connectivity index (χ3n) is 5.49. The maximum atomic E-state index is 13.1. The van der Waals surface area contributed by atoms with Crippen molar-refractivity contribution in [3.8, 4) is 11.4 Å². The molecule has 0 amide bonds. The van der Waals surface area contributed by atoms with Gasteiger partial charge in [0.05, 0.1) is 29.0 Å². The lowest BCUT2D eigenvalue weighted by Crippen LogP contribution is -2.44. The SMILES string of the molecule is CC[C@@]1(O)C(=O)OCc2c1cc1n(c2=O)Cc2cc3cccc(Br)c3nc2-1. The average molecular weight is 427 g/mol. The summed E-state index contributed by atoms with van der Waals surface area (Å²) in [4.78, 5) is 30.0. The molecule has 27 heavy (non-hydrogen) atoms. The lowest BCUT2D eigenvalue weighted by atomic mass is 9.86. The molecule has 1 atom stereocenters. The van der Waals surface area contributed by atoms with Crippen LogP contribution in [0.25, 0.3) is 22.3 Å². The highest BCUT2D eigenvalue weighted by Gasteiger charge is 2.45. The number of rotatable bonds is 1. The van der Waals surface area contributed by atoms with Gasteiger partial charge in [0.2, 0.25) is 0 Å². The van der Waals surface area contributed by atoms with Crippen molar-refractivity contribution in [3.63, 3.8) is 0 Å². The van der Waals surface area contributed by atoms with Crippen molar-refractivity contribution in [1.82, 2.24) is 9.55 Å². The molecule has 0 bridgehead atoms. The van der Waals surface area contributed by atoms with Gasteiger partial charge in [-0.05, 0) is 40.5 Å². The van der Waals surface area contributed by atoms with Gasteiger partial charge in [-0.25, -0.2) is 9.78 Å². The average Bonchev–Trinajstić information content (AvgIpc) is 3.02. The summed E-state index contributed by atoms with van der Waals surface area (Å²) < 4.78 is 7.59. The second-order valence-corrected chi connectivity index (χ2v) is 7.77. The number of para-hydroxylation sites is 1. The Kier molecular flexibility index (Phi) is 3.39. The Hall–Kier alpha value is -2.51. The summed E-state index contributed by atoms with van der Waals surface area (Å²) in [7, 11) is 0. The number of pyridine rings is 2. The molecule has 0 fully saturated rings. The smallest absolute Gasteiger partial charge is 0.343 e. The standard InChI is InChI=1S/C20H15BrN2O4/c1-2-20(26)13-7-15-17-11(6-10-4-3-5-14(21)16(10)22-17)8-23(15)18(24)12(13)9-27-19(20)25/h3-7,26H,2,8-9H2,1H3/t20-/m0/s1. The van der Waals surface area contributed by atoms with E-state index in [-0.39, 0.29) is 18.6 Å². The Morgan fingerprint density at radius 1 is 1.33 bits per heavy atom. The summed E-state index contributed by atoms with van der Waals surface area (Å²) in [6.45, 7) is 1.98. The van der Waals surface area contributed by atoms with Crippen LogP contribution in [0.3, 0.4) is 0 Å². The maximum Gasteiger partial charge on any atom is 0.343 e. The molecule has 0 spiro atoms. The number of nitrogens with zero attached hydrogens (tertiary/aromatic N) is 2. The lowest BCUT2D eigenvalue weighted by Gasteiger charge is -2.31. The van der Waals surface area contributed by atoms with E-state index in [2.05, 4.69) is 15.9 Å². The predicted molar refractivity (Wildman–Crippen MR) is 102 cm³/mol. The Morgan fingerprint density at radius 3 is 2.93 bits per heavy atom. The molecule has 0 aliphatic carbocycles. The summed E-state index contributed by atoms with van der Waals surface area (Å²) in [5.41, 5.74) is 1.68. The fraction of sp³-hybridized carbons (Fsp3) is 0.250. The summed E-state index contributed by atoms with van der Waals surface area (Å²) in [6.07, 6.45) is 0.130. The number of aromatic nitrogens is 2. The van der Waals surface area contributed by atoms with E-state index in [0.29, 0.717) is 29.1 Å². The molecule has 3 aromatic rings. The van der Waals surface area contributed by atoms with E-state index in [1.807, 2.05) is 24.3 Å². The molecular formula is C20H15BrN2O4. The van der Waals surface area contributed by atoms with Gasteiger partial charge in [0.1, 0.15) is 6.61 Å². The molecule has 2 aromatic heterocycles. The number of halogens is 1. The van der Waals surface area contributed by atoms with Crippen LogP contribution in [0.5, 0.6) is 0 Å². The van der Waals surface area contributed by atoms with E-state index in [4.69, 9.17) is 9.72 Å². The van der Waals surface area contributed by atoms with Crippen molar-refractivity contribution in [3.05, 3.63) is 61.8 Å². The normalized spacial score (nSPS) is 20.2. The van der Waals surface area contributed by atoms with Crippen molar-refractivity contribution in [2.75, 3.05) is 0 Å². The van der Waals surface area contributed by atoms with Crippen LogP contribution in [0, 0.1) is 0 Å². The summed E-state index contributed by atoms with van der Waals surface area (Å²) in [5, 5.41) is 11.9. The first-order valence-corrected chi connectivity index (χ1v) is 9.48. The highest BCUT2D eigenvalue weighted by Crippen LogP contribution is 2.39. The zero-order valence-electron chi connectivity index (χ0n) is 14.5. The van der Waals surface area contributed by atoms with Crippen LogP contribution in [-0.4, -0.2) is 20.6 Å². The van der Waals surface area contributed by atoms with Crippen LogP contribution in [-0.2, 0) is 28.3 Å². The molecule has 136 valence electrons. The predicted octanol–water partition coefficient (Wildman–Crippen LogP) is 2.84. The van der Waals surface area contributed by atoms with E-state index >= 15 is 0 Å². The molecule has 0 saturated heterocycles. The Morgan fingerprint density at radius 2 is 2.15 bits per heavy atom. The van der Waals surface area contributed by atoms with Crippen molar-refractivity contribution in [1.29, 1.82) is 0 Å². The van der Waals surface area contributed by atoms with Gasteiger partial charge in [-0.3, -0.25) is 4.79 Å². The van der Waals surface area contributed by atoms with Crippen molar-refractivity contribution in [2.24, 2.45) is 0 Å². The number of carbonyl (C=O) groups excluding carboxylic acids is 1. The highest BCUT2D eigenvalue weighted by molar-refractivity contribution is 9.10. The number of ether oxygens (including phenoxy) is 1. The third kappa shape index (κ3) is 2.12. The molecule has 1 N–H and O–H groups in total. The molecule has 5 rings (SSSR count). The van der Waals surface area contributed by atoms with Gasteiger partial charge in [-0.15, -0.1) is 0 Å². The second-order valence-electron chi connectivity index (χ2n) is 6.91. The topological polar surface area (TPSA) is 81.4 Å². The van der Waals surface area contributed by atoms with Crippen molar-refractivity contribution >= 4 is 32.8 Å². The van der Waals surface area contributed by atoms with E-state index in [1.165, 1.54) is 0 Å². The molecule has 2 aliphatic heterocycles. The van der Waals surface area contributed by atoms with Gasteiger partial charge in [0.25, 0.3) is 5.56 Å². The molecule has 2 aliphatic rings. The molecular weight excluding hydrogens is 412 g/mol. The van der Waals surface area contributed by atoms with E-state index in [0.717, 1.165) is 20.9 Å². The number of benzene rings is 1. The largest absolute Gasteiger partial charge is 0.458 e. The molecule has 1 aromatic carbocycles. The van der Waals surface area contributed by atoms with Gasteiger partial charge in [0.15, 0.2) is 5.60 Å². The summed E-state index contributed by atoms with van der Waals surface area (Å²) >= 11 is 3.52. The van der Waals surface area contributed by atoms with Gasteiger partial charge in [0, 0.05) is 21.0 Å². The number of carbonyl (C=O) groups is 1. The first-order valence-electron chi connectivity index (χ1n) is 8.69. The maximum absolute atomic E-state index is 13.1. The quantitative estimate of drug-likeness (QED) is 0.473. The Labute approximate surface area is 162 Å². The first-order chi connectivity index (χ1) is 12.9. The first kappa shape index (κ1) is 16.6. The minimum atomic E-state index is -1.80. The van der Waals surface area contributed by atoms with Crippen molar-refractivity contribution in [2.45, 2.75) is 32.1 Å². The fourth-order valence-corrected chi connectivity index (χ4v) is 4.44. The Balaban J connectivity index is 1.82. The molecule has 0 saturated carbocycles. The number of aliphatic hydroxyl groups is 1. The van der Waals surface area contributed by atoms with E-state index < -0.39 is 11.6 Å². The van der Waals surface area contributed by atoms with Gasteiger partial charge in [-0.1, -0.05) is 19.1 Å². The van der Waals surface area contributed by atoms with E-state index in [1.54, 1.807) is 17.6 Å². The highest BCUT2D eigenvalue weighted by atomic mass is 79.9. The second kappa shape index (κ2) is 5.50. The van der Waals surface area contributed by atoms with Crippen molar-refractivity contribution < 1.29 is 14.6 Å². The van der Waals surface area contributed by atoms with Crippen LogP contribution < -0.4 is 5.56 Å². The minimum Gasteiger partial charge on any atom is -0.458 e. The zero-order valence-corrected chi connectivity index (χ0v) is 16.0. The molecule has 0 unspecified atom stereocenters. The number of fused-ring (bicyclic) bond motifs is 5. The molecule has 6 nitrogen and oxygen atoms in total. The van der Waals surface area contributed by atoms with Crippen LogP contribution in [0.15, 0.2) is 39.6 Å². The monoisotopic (exact) mass is 426 g/mol. The van der Waals surface area contributed by atoms with Gasteiger partial charge >= 0.3 is 5.97 Å². The summed E-state index contributed by atoms with van der Waals surface area (Å²) in [5.74, 6) is -0.714. The zero-order chi connectivity index (χ0) is 18.9. The van der Waals surface area contributed by atoms with E-state index in [9.17, 15) is 14.7 Å². The minimum absolute atomic E-state index is 0.118. The molecule has 4 heterocycles. The third-order valence-corrected chi connectivity index (χ3v) is 6.13. The summed E-state index contributed by atoms with van der Waals surface area (Å²) in [6, 6.07) is 9.59. The van der Waals surface area contributed by atoms with Crippen LogP contribution in [0.4, 0.5) is 0 Å². The number of esters is 1. The van der Waals surface area contributed by atoms with Gasteiger partial charge < -0.3 is 14.4 Å². The Bertz CT molecular complexity index is 1220. The van der Waals surface area contributed by atoms with Crippen LogP contribution >= 0.6 is 15.9 Å². The number of hydrogen-bond donors (Lipinski definition) is 1. The molecule has 0 radical (unpaired) electrons. The number of cyclic esters (lactones) is 1. The molecule has 7 heteroatoms.